The predicted molar refractivity (Wildman–Crippen MR) is 104 cm³/mol. The van der Waals surface area contributed by atoms with Crippen molar-refractivity contribution < 1.29 is 13.9 Å². The molecule has 0 saturated heterocycles. The van der Waals surface area contributed by atoms with E-state index in [0.29, 0.717) is 12.2 Å². The molecule has 3 aromatic rings. The van der Waals surface area contributed by atoms with Gasteiger partial charge in [-0.1, -0.05) is 12.1 Å². The maximum atomic E-state index is 12.9. The van der Waals surface area contributed by atoms with E-state index in [-0.39, 0.29) is 11.8 Å². The first kappa shape index (κ1) is 18.5. The number of nitrogens with one attached hydrogen (secondary N) is 2. The third-order valence-corrected chi connectivity index (χ3v) is 4.40. The summed E-state index contributed by atoms with van der Waals surface area (Å²) in [7, 11) is 1.65. The molecule has 1 aromatic heterocycles. The zero-order valence-electron chi connectivity index (χ0n) is 15.5. The Morgan fingerprint density at radius 2 is 1.81 bits per heavy atom. The van der Waals surface area contributed by atoms with Gasteiger partial charge in [-0.3, -0.25) is 0 Å². The Balaban J connectivity index is 1.73. The van der Waals surface area contributed by atoms with Crippen LogP contribution in [-0.4, -0.2) is 17.7 Å². The second-order valence-corrected chi connectivity index (χ2v) is 6.22. The summed E-state index contributed by atoms with van der Waals surface area (Å²) in [5.74, 6) is 0.442. The van der Waals surface area contributed by atoms with Gasteiger partial charge in [0, 0.05) is 23.6 Å². The number of carbonyl (C=O) groups excluding carboxylic acids is 1. The zero-order chi connectivity index (χ0) is 19.4. The van der Waals surface area contributed by atoms with Gasteiger partial charge in [0.25, 0.3) is 0 Å². The molecule has 0 bridgehead atoms. The molecule has 1 heterocycles. The molecule has 0 radical (unpaired) electrons. The number of aryl methyl sites for hydroxylation is 1. The molecule has 2 N–H and O–H groups in total. The molecule has 0 fully saturated rings. The average Bonchev–Trinajstić information content (AvgIpc) is 2.95. The lowest BCUT2D eigenvalue weighted by Gasteiger charge is -2.14. The molecule has 140 valence electrons. The van der Waals surface area contributed by atoms with Gasteiger partial charge in [-0.05, 0) is 61.9 Å². The third kappa shape index (κ3) is 4.11. The Labute approximate surface area is 157 Å². The van der Waals surface area contributed by atoms with E-state index in [1.165, 1.54) is 24.3 Å². The van der Waals surface area contributed by atoms with Gasteiger partial charge in [-0.15, -0.1) is 0 Å². The minimum atomic E-state index is -0.344. The number of anilines is 1. The van der Waals surface area contributed by atoms with E-state index in [1.54, 1.807) is 7.11 Å². The van der Waals surface area contributed by atoms with Gasteiger partial charge >= 0.3 is 6.03 Å². The molecule has 27 heavy (non-hydrogen) atoms. The van der Waals surface area contributed by atoms with E-state index in [0.717, 1.165) is 28.4 Å². The topological polar surface area (TPSA) is 55.3 Å². The Kier molecular flexibility index (Phi) is 5.45. The minimum absolute atomic E-state index is 0.343. The lowest BCUT2D eigenvalue weighted by atomic mass is 10.2. The largest absolute Gasteiger partial charge is 0.495 e. The van der Waals surface area contributed by atoms with Crippen LogP contribution < -0.4 is 15.4 Å². The molecule has 5 nitrogen and oxygen atoms in total. The van der Waals surface area contributed by atoms with Crippen molar-refractivity contribution in [2.24, 2.45) is 0 Å². The van der Waals surface area contributed by atoms with Crippen molar-refractivity contribution in [3.63, 3.8) is 0 Å². The predicted octanol–water partition coefficient (Wildman–Crippen LogP) is 4.56. The number of urea groups is 1. The van der Waals surface area contributed by atoms with E-state index in [4.69, 9.17) is 4.74 Å². The molecule has 2 aromatic carbocycles. The molecular weight excluding hydrogens is 345 g/mol. The molecule has 3 rings (SSSR count). The standard InChI is InChI=1S/C21H22FN3O2/c1-14-12-16(13-23-21(26)24-18-10-8-17(22)9-11-18)15(2)25(14)19-6-4-5-7-20(19)27-3/h4-12H,13H2,1-3H3,(H2,23,24,26). The van der Waals surface area contributed by atoms with Crippen molar-refractivity contribution in [1.82, 2.24) is 9.88 Å². The Hall–Kier alpha value is -3.28. The van der Waals surface area contributed by atoms with Crippen molar-refractivity contribution >= 4 is 11.7 Å². The zero-order valence-corrected chi connectivity index (χ0v) is 15.5. The first-order valence-corrected chi connectivity index (χ1v) is 8.61. The lowest BCUT2D eigenvalue weighted by molar-refractivity contribution is 0.251. The number of methoxy groups -OCH3 is 1. The van der Waals surface area contributed by atoms with Crippen LogP contribution in [0.2, 0.25) is 0 Å². The van der Waals surface area contributed by atoms with E-state index < -0.39 is 0 Å². The Bertz CT molecular complexity index is 949. The fourth-order valence-electron chi connectivity index (χ4n) is 3.08. The number of amides is 2. The SMILES string of the molecule is COc1ccccc1-n1c(C)cc(CNC(=O)Nc2ccc(F)cc2)c1C. The number of para-hydroxylation sites is 2. The highest BCUT2D eigenvalue weighted by molar-refractivity contribution is 5.89. The summed E-state index contributed by atoms with van der Waals surface area (Å²) in [6.45, 7) is 4.40. The van der Waals surface area contributed by atoms with Crippen LogP contribution in [0.25, 0.3) is 5.69 Å². The van der Waals surface area contributed by atoms with E-state index in [1.807, 2.05) is 44.2 Å². The summed E-state index contributed by atoms with van der Waals surface area (Å²) in [6.07, 6.45) is 0. The van der Waals surface area contributed by atoms with Gasteiger partial charge in [0.1, 0.15) is 11.6 Å². The monoisotopic (exact) mass is 367 g/mol. The minimum Gasteiger partial charge on any atom is -0.495 e. The molecule has 0 aliphatic rings. The number of hydrogen-bond donors (Lipinski definition) is 2. The second kappa shape index (κ2) is 7.95. The van der Waals surface area contributed by atoms with Crippen molar-refractivity contribution in [2.45, 2.75) is 20.4 Å². The first-order chi connectivity index (χ1) is 13.0. The molecule has 0 saturated carbocycles. The van der Waals surface area contributed by atoms with Crippen molar-refractivity contribution in [2.75, 3.05) is 12.4 Å². The quantitative estimate of drug-likeness (QED) is 0.694. The van der Waals surface area contributed by atoms with Crippen LogP contribution in [0.5, 0.6) is 5.75 Å². The summed E-state index contributed by atoms with van der Waals surface area (Å²) in [5.41, 5.74) is 4.57. The summed E-state index contributed by atoms with van der Waals surface area (Å²) in [6, 6.07) is 15.1. The number of benzene rings is 2. The molecule has 2 amide bonds. The molecule has 6 heteroatoms. The lowest BCUT2D eigenvalue weighted by Crippen LogP contribution is -2.28. The van der Waals surface area contributed by atoms with Crippen LogP contribution >= 0.6 is 0 Å². The maximum Gasteiger partial charge on any atom is 0.319 e. The maximum absolute atomic E-state index is 12.9. The van der Waals surface area contributed by atoms with Gasteiger partial charge in [-0.25, -0.2) is 9.18 Å². The fraction of sp³-hybridized carbons (Fsp3) is 0.190. The summed E-state index contributed by atoms with van der Waals surface area (Å²) < 4.78 is 20.5. The summed E-state index contributed by atoms with van der Waals surface area (Å²) in [4.78, 5) is 12.1. The van der Waals surface area contributed by atoms with Crippen LogP contribution in [0, 0.1) is 19.7 Å². The van der Waals surface area contributed by atoms with Crippen LogP contribution in [-0.2, 0) is 6.54 Å². The second-order valence-electron chi connectivity index (χ2n) is 6.22. The molecule has 0 aliphatic heterocycles. The van der Waals surface area contributed by atoms with Gasteiger partial charge in [0.05, 0.1) is 12.8 Å². The number of nitrogens with zero attached hydrogens (tertiary/aromatic N) is 1. The molecule has 0 spiro atoms. The van der Waals surface area contributed by atoms with Crippen LogP contribution in [0.4, 0.5) is 14.9 Å². The number of rotatable bonds is 5. The molecule has 0 aliphatic carbocycles. The highest BCUT2D eigenvalue weighted by Gasteiger charge is 2.14. The van der Waals surface area contributed by atoms with E-state index >= 15 is 0 Å². The molecule has 0 atom stereocenters. The van der Waals surface area contributed by atoms with Gasteiger partial charge in [-0.2, -0.15) is 0 Å². The summed E-state index contributed by atoms with van der Waals surface area (Å²) >= 11 is 0. The Morgan fingerprint density at radius 3 is 2.52 bits per heavy atom. The number of carbonyl (C=O) groups is 1. The highest BCUT2D eigenvalue weighted by atomic mass is 19.1. The van der Waals surface area contributed by atoms with Gasteiger partial charge in [0.15, 0.2) is 0 Å². The van der Waals surface area contributed by atoms with Crippen LogP contribution in [0.15, 0.2) is 54.6 Å². The highest BCUT2D eigenvalue weighted by Crippen LogP contribution is 2.27. The molecule has 0 unspecified atom stereocenters. The first-order valence-electron chi connectivity index (χ1n) is 8.61. The molecular formula is C21H22FN3O2. The number of hydrogen-bond acceptors (Lipinski definition) is 2. The number of aromatic nitrogens is 1. The number of ether oxygens (including phenoxy) is 1. The smallest absolute Gasteiger partial charge is 0.319 e. The Morgan fingerprint density at radius 1 is 1.11 bits per heavy atom. The average molecular weight is 367 g/mol. The van der Waals surface area contributed by atoms with Gasteiger partial charge < -0.3 is 19.9 Å². The van der Waals surface area contributed by atoms with Crippen LogP contribution in [0.3, 0.4) is 0 Å². The summed E-state index contributed by atoms with van der Waals surface area (Å²) in [5, 5.41) is 5.52. The van der Waals surface area contributed by atoms with Crippen molar-refractivity contribution in [3.05, 3.63) is 77.4 Å². The van der Waals surface area contributed by atoms with Gasteiger partial charge in [0.2, 0.25) is 0 Å². The third-order valence-electron chi connectivity index (χ3n) is 4.40. The van der Waals surface area contributed by atoms with E-state index in [9.17, 15) is 9.18 Å². The van der Waals surface area contributed by atoms with Crippen molar-refractivity contribution in [1.29, 1.82) is 0 Å². The van der Waals surface area contributed by atoms with Crippen LogP contribution in [0.1, 0.15) is 17.0 Å². The van der Waals surface area contributed by atoms with Crippen molar-refractivity contribution in [3.8, 4) is 11.4 Å². The number of halogens is 1. The normalized spacial score (nSPS) is 10.5. The fourth-order valence-corrected chi connectivity index (χ4v) is 3.08. The van der Waals surface area contributed by atoms with E-state index in [2.05, 4.69) is 15.2 Å².